The molecule has 2 atom stereocenters. The zero-order chi connectivity index (χ0) is 12.6. The number of carbonyl (C=O) groups is 2. The van der Waals surface area contributed by atoms with Gasteiger partial charge in [-0.15, -0.1) is 0 Å². The van der Waals surface area contributed by atoms with Crippen LogP contribution in [-0.2, 0) is 4.79 Å². The molecular weight excluding hydrogens is 230 g/mol. The molecule has 0 aliphatic carbocycles. The third-order valence-electron chi connectivity index (χ3n) is 1.91. The highest BCUT2D eigenvalue weighted by atomic mass is 32.2. The van der Waals surface area contributed by atoms with Crippen molar-refractivity contribution in [2.75, 3.05) is 18.6 Å². The van der Waals surface area contributed by atoms with Crippen molar-refractivity contribution in [3.63, 3.8) is 0 Å². The number of aliphatic hydroxyl groups is 1. The number of hydrogen-bond acceptors (Lipinski definition) is 4. The van der Waals surface area contributed by atoms with Crippen molar-refractivity contribution in [2.45, 2.75) is 25.4 Å². The molecule has 0 bridgehead atoms. The molecule has 6 nitrogen and oxygen atoms in total. The Morgan fingerprint density at radius 1 is 1.44 bits per heavy atom. The SMILES string of the molecule is CSCCC(NC(N)=O)C(=O)N[C@H](C)CO. The van der Waals surface area contributed by atoms with Gasteiger partial charge in [0.2, 0.25) is 5.91 Å². The van der Waals surface area contributed by atoms with Crippen LogP contribution in [0.5, 0.6) is 0 Å². The number of hydrogen-bond donors (Lipinski definition) is 4. The first-order valence-electron chi connectivity index (χ1n) is 4.97. The van der Waals surface area contributed by atoms with Gasteiger partial charge in [-0.3, -0.25) is 4.79 Å². The number of thioether (sulfide) groups is 1. The first-order valence-corrected chi connectivity index (χ1v) is 6.36. The van der Waals surface area contributed by atoms with Gasteiger partial charge in [0.25, 0.3) is 0 Å². The summed E-state index contributed by atoms with van der Waals surface area (Å²) in [5.74, 6) is 0.417. The van der Waals surface area contributed by atoms with E-state index in [9.17, 15) is 9.59 Å². The van der Waals surface area contributed by atoms with Crippen LogP contribution in [0.15, 0.2) is 0 Å². The van der Waals surface area contributed by atoms with Crippen LogP contribution in [0.2, 0.25) is 0 Å². The molecule has 0 heterocycles. The Hall–Kier alpha value is -0.950. The van der Waals surface area contributed by atoms with Gasteiger partial charge in [-0.25, -0.2) is 4.79 Å². The second-order valence-corrected chi connectivity index (χ2v) is 4.42. The number of carbonyl (C=O) groups excluding carboxylic acids is 2. The highest BCUT2D eigenvalue weighted by Gasteiger charge is 2.20. The first-order chi connectivity index (χ1) is 7.51. The Balaban J connectivity index is 4.25. The third-order valence-corrected chi connectivity index (χ3v) is 2.55. The highest BCUT2D eigenvalue weighted by molar-refractivity contribution is 7.98. The zero-order valence-corrected chi connectivity index (χ0v) is 10.3. The van der Waals surface area contributed by atoms with Gasteiger partial charge in [0, 0.05) is 6.04 Å². The second kappa shape index (κ2) is 8.23. The van der Waals surface area contributed by atoms with Crippen LogP contribution < -0.4 is 16.4 Å². The lowest BCUT2D eigenvalue weighted by Gasteiger charge is -2.19. The van der Waals surface area contributed by atoms with Crippen LogP contribution in [0.25, 0.3) is 0 Å². The van der Waals surface area contributed by atoms with Crippen LogP contribution in [0.3, 0.4) is 0 Å². The van der Waals surface area contributed by atoms with Crippen LogP contribution in [0.1, 0.15) is 13.3 Å². The molecule has 0 radical (unpaired) electrons. The van der Waals surface area contributed by atoms with Gasteiger partial charge < -0.3 is 21.5 Å². The standard InChI is InChI=1S/C9H19N3O3S/c1-6(5-13)11-8(14)7(3-4-16-2)12-9(10)15/h6-7,13H,3-5H2,1-2H3,(H,11,14)(H3,10,12,15)/t6-,7?/m1/s1. The van der Waals surface area contributed by atoms with E-state index < -0.39 is 12.1 Å². The second-order valence-electron chi connectivity index (χ2n) is 3.43. The van der Waals surface area contributed by atoms with Gasteiger partial charge in [0.1, 0.15) is 6.04 Å². The minimum atomic E-state index is -0.724. The van der Waals surface area contributed by atoms with Gasteiger partial charge in [-0.1, -0.05) is 0 Å². The van der Waals surface area contributed by atoms with Gasteiger partial charge >= 0.3 is 6.03 Å². The van der Waals surface area contributed by atoms with Gasteiger partial charge in [0.15, 0.2) is 0 Å². The summed E-state index contributed by atoms with van der Waals surface area (Å²) >= 11 is 1.58. The minimum absolute atomic E-state index is 0.141. The molecule has 16 heavy (non-hydrogen) atoms. The Labute approximate surface area is 99.3 Å². The molecule has 5 N–H and O–H groups in total. The molecule has 7 heteroatoms. The fraction of sp³-hybridized carbons (Fsp3) is 0.778. The van der Waals surface area contributed by atoms with E-state index in [0.29, 0.717) is 6.42 Å². The van der Waals surface area contributed by atoms with Crippen molar-refractivity contribution in [2.24, 2.45) is 5.73 Å². The largest absolute Gasteiger partial charge is 0.394 e. The Bertz CT molecular complexity index is 238. The van der Waals surface area contributed by atoms with Crippen LogP contribution in [0, 0.1) is 0 Å². The van der Waals surface area contributed by atoms with E-state index in [-0.39, 0.29) is 18.6 Å². The van der Waals surface area contributed by atoms with E-state index in [4.69, 9.17) is 10.8 Å². The maximum atomic E-state index is 11.7. The number of rotatable bonds is 7. The molecule has 0 aromatic rings. The molecule has 0 aromatic heterocycles. The smallest absolute Gasteiger partial charge is 0.312 e. The van der Waals surface area contributed by atoms with Crippen molar-refractivity contribution >= 4 is 23.7 Å². The number of nitrogens with two attached hydrogens (primary N) is 1. The fourth-order valence-corrected chi connectivity index (χ4v) is 1.54. The normalized spacial score (nSPS) is 13.9. The van der Waals surface area contributed by atoms with E-state index in [1.165, 1.54) is 0 Å². The predicted octanol–water partition coefficient (Wildman–Crippen LogP) is -0.727. The summed E-state index contributed by atoms with van der Waals surface area (Å²) in [6, 6.07) is -1.70. The van der Waals surface area contributed by atoms with Gasteiger partial charge in [-0.05, 0) is 25.4 Å². The molecule has 0 saturated carbocycles. The van der Waals surface area contributed by atoms with Crippen molar-refractivity contribution in [3.8, 4) is 0 Å². The maximum Gasteiger partial charge on any atom is 0.312 e. The number of amides is 3. The first kappa shape index (κ1) is 15.0. The molecular formula is C9H19N3O3S. The summed E-state index contributed by atoms with van der Waals surface area (Å²) < 4.78 is 0. The summed E-state index contributed by atoms with van der Waals surface area (Å²) in [6.07, 6.45) is 2.42. The molecule has 0 aromatic carbocycles. The molecule has 0 rings (SSSR count). The Morgan fingerprint density at radius 2 is 2.06 bits per heavy atom. The van der Waals surface area contributed by atoms with Crippen LogP contribution >= 0.6 is 11.8 Å². The summed E-state index contributed by atoms with van der Waals surface area (Å²) in [5.41, 5.74) is 4.98. The zero-order valence-electron chi connectivity index (χ0n) is 9.53. The molecule has 94 valence electrons. The third kappa shape index (κ3) is 6.52. The van der Waals surface area contributed by atoms with Crippen molar-refractivity contribution < 1.29 is 14.7 Å². The van der Waals surface area contributed by atoms with E-state index >= 15 is 0 Å². The molecule has 3 amide bonds. The van der Waals surface area contributed by atoms with Crippen LogP contribution in [0.4, 0.5) is 4.79 Å². The van der Waals surface area contributed by atoms with Crippen LogP contribution in [-0.4, -0.2) is 47.7 Å². The van der Waals surface area contributed by atoms with E-state index in [1.54, 1.807) is 18.7 Å². The monoisotopic (exact) mass is 249 g/mol. The molecule has 0 fully saturated rings. The van der Waals surface area contributed by atoms with E-state index in [2.05, 4.69) is 10.6 Å². The lowest BCUT2D eigenvalue weighted by molar-refractivity contribution is -0.123. The highest BCUT2D eigenvalue weighted by Crippen LogP contribution is 2.01. The van der Waals surface area contributed by atoms with E-state index in [0.717, 1.165) is 5.75 Å². The van der Waals surface area contributed by atoms with Crippen molar-refractivity contribution in [3.05, 3.63) is 0 Å². The van der Waals surface area contributed by atoms with Gasteiger partial charge in [0.05, 0.1) is 6.61 Å². The van der Waals surface area contributed by atoms with E-state index in [1.807, 2.05) is 6.26 Å². The maximum absolute atomic E-state index is 11.7. The summed E-state index contributed by atoms with van der Waals surface area (Å²) in [4.78, 5) is 22.4. The topological polar surface area (TPSA) is 104 Å². The number of aliphatic hydroxyl groups excluding tert-OH is 1. The Morgan fingerprint density at radius 3 is 2.50 bits per heavy atom. The molecule has 0 aliphatic rings. The van der Waals surface area contributed by atoms with Gasteiger partial charge in [-0.2, -0.15) is 11.8 Å². The molecule has 1 unspecified atom stereocenters. The minimum Gasteiger partial charge on any atom is -0.394 e. The van der Waals surface area contributed by atoms with Crippen molar-refractivity contribution in [1.29, 1.82) is 0 Å². The summed E-state index contributed by atoms with van der Waals surface area (Å²) in [6.45, 7) is 1.53. The molecule has 0 spiro atoms. The predicted molar refractivity (Wildman–Crippen MR) is 64.2 cm³/mol. The average molecular weight is 249 g/mol. The summed E-state index contributed by atoms with van der Waals surface area (Å²) in [5, 5.41) is 13.7. The summed E-state index contributed by atoms with van der Waals surface area (Å²) in [7, 11) is 0. The quantitative estimate of drug-likeness (QED) is 0.477. The fourth-order valence-electron chi connectivity index (χ4n) is 1.07. The average Bonchev–Trinajstić information content (AvgIpc) is 2.23. The lowest BCUT2D eigenvalue weighted by atomic mass is 10.2. The number of urea groups is 1. The lowest BCUT2D eigenvalue weighted by Crippen LogP contribution is -2.51. The van der Waals surface area contributed by atoms with Crippen molar-refractivity contribution in [1.82, 2.24) is 10.6 Å². The molecule has 0 aliphatic heterocycles. The Kier molecular flexibility index (Phi) is 7.74. The molecule has 0 saturated heterocycles. The number of nitrogens with one attached hydrogen (secondary N) is 2. The number of primary amides is 1.